The Hall–Kier alpha value is -3.11. The molecule has 1 aliphatic heterocycles. The summed E-state index contributed by atoms with van der Waals surface area (Å²) in [7, 11) is 0. The summed E-state index contributed by atoms with van der Waals surface area (Å²) in [5.74, 6) is 2.11. The van der Waals surface area contributed by atoms with Crippen molar-refractivity contribution in [2.24, 2.45) is 0 Å². The number of oxazole rings is 1. The molecule has 2 N–H and O–H groups in total. The summed E-state index contributed by atoms with van der Waals surface area (Å²) in [5.41, 5.74) is 1.54. The molecule has 1 atom stereocenters. The predicted molar refractivity (Wildman–Crippen MR) is 149 cm³/mol. The zero-order valence-corrected chi connectivity index (χ0v) is 23.1. The van der Waals surface area contributed by atoms with Crippen molar-refractivity contribution >= 4 is 45.7 Å². The Labute approximate surface area is 226 Å². The van der Waals surface area contributed by atoms with Crippen molar-refractivity contribution in [2.75, 3.05) is 23.7 Å². The first-order valence-electron chi connectivity index (χ1n) is 12.3. The predicted octanol–water partition coefficient (Wildman–Crippen LogP) is 5.49. The molecule has 0 saturated carbocycles. The smallest absolute Gasteiger partial charge is 0.247 e. The van der Waals surface area contributed by atoms with Gasteiger partial charge in [0.1, 0.15) is 5.76 Å². The molecule has 1 fully saturated rings. The minimum Gasteiger partial charge on any atom is -0.444 e. The van der Waals surface area contributed by atoms with Gasteiger partial charge in [0, 0.05) is 30.2 Å². The molecular formula is C27H33N5O3S2. The van der Waals surface area contributed by atoms with E-state index in [1.54, 1.807) is 35.2 Å². The van der Waals surface area contributed by atoms with E-state index < -0.39 is 0 Å². The number of nitrogens with one attached hydrogen (secondary N) is 2. The van der Waals surface area contributed by atoms with Gasteiger partial charge in [0.2, 0.25) is 17.7 Å². The number of rotatable bonds is 9. The molecule has 0 unspecified atom stereocenters. The third-order valence-corrected chi connectivity index (χ3v) is 8.09. The summed E-state index contributed by atoms with van der Waals surface area (Å²) in [5, 5.41) is 7.09. The fourth-order valence-electron chi connectivity index (χ4n) is 3.93. The SMILES string of the molecule is C=CC(=O)Nc1ccc(CC(=O)N2CCC[C@@H](Nc3ncc(SCc4ncc(C(C)(C)C)o4)s3)C2)cc1. The fraction of sp³-hybridized carbons (Fsp3) is 0.407. The largest absolute Gasteiger partial charge is 0.444 e. The fourth-order valence-corrected chi connectivity index (χ4v) is 5.73. The highest BCUT2D eigenvalue weighted by molar-refractivity contribution is 8.00. The van der Waals surface area contributed by atoms with Gasteiger partial charge in [-0.3, -0.25) is 9.59 Å². The molecule has 1 saturated heterocycles. The first-order valence-corrected chi connectivity index (χ1v) is 14.1. The number of carbonyl (C=O) groups is 2. The Bertz CT molecular complexity index is 1230. The van der Waals surface area contributed by atoms with Crippen LogP contribution in [0, 0.1) is 0 Å². The minimum atomic E-state index is -0.258. The molecule has 37 heavy (non-hydrogen) atoms. The van der Waals surface area contributed by atoms with E-state index in [1.165, 1.54) is 6.08 Å². The van der Waals surface area contributed by atoms with Crippen LogP contribution >= 0.6 is 23.1 Å². The van der Waals surface area contributed by atoms with Crippen LogP contribution in [-0.4, -0.2) is 45.8 Å². The first-order chi connectivity index (χ1) is 17.7. The number of likely N-dealkylation sites (tertiary alicyclic amines) is 1. The number of aromatic nitrogens is 2. The second-order valence-corrected chi connectivity index (χ2v) is 12.3. The topological polar surface area (TPSA) is 100 Å². The van der Waals surface area contributed by atoms with Crippen LogP contribution in [0.5, 0.6) is 0 Å². The van der Waals surface area contributed by atoms with Crippen molar-refractivity contribution in [3.63, 3.8) is 0 Å². The molecule has 0 aliphatic carbocycles. The second kappa shape index (κ2) is 12.0. The molecule has 2 amide bonds. The van der Waals surface area contributed by atoms with Crippen LogP contribution in [0.15, 0.2) is 57.9 Å². The van der Waals surface area contributed by atoms with E-state index in [4.69, 9.17) is 4.42 Å². The number of anilines is 2. The highest BCUT2D eigenvalue weighted by Gasteiger charge is 2.24. The molecule has 0 radical (unpaired) electrons. The van der Waals surface area contributed by atoms with Crippen LogP contribution in [0.1, 0.15) is 50.8 Å². The number of thioether (sulfide) groups is 1. The summed E-state index contributed by atoms with van der Waals surface area (Å²) in [6.07, 6.45) is 7.18. The molecule has 1 aromatic carbocycles. The van der Waals surface area contributed by atoms with Gasteiger partial charge in [-0.25, -0.2) is 9.97 Å². The minimum absolute atomic E-state index is 0.0538. The van der Waals surface area contributed by atoms with E-state index >= 15 is 0 Å². The lowest BCUT2D eigenvalue weighted by molar-refractivity contribution is -0.131. The maximum atomic E-state index is 12.9. The standard InChI is InChI=1S/C27H33N5O3S2/c1-5-22(33)30-19-10-8-18(9-11-19)13-24(34)32-12-6-7-20(16-32)31-26-29-15-25(37-26)36-17-23-28-14-21(35-23)27(2,3)4/h5,8-11,14-15,20H,1,6-7,12-13,16-17H2,2-4H3,(H,29,31)(H,30,33)/t20-/m1/s1. The van der Waals surface area contributed by atoms with Crippen molar-refractivity contribution in [1.82, 2.24) is 14.9 Å². The molecule has 3 heterocycles. The number of nitrogens with zero attached hydrogens (tertiary/aromatic N) is 3. The van der Waals surface area contributed by atoms with Crippen LogP contribution in [0.2, 0.25) is 0 Å². The quantitative estimate of drug-likeness (QED) is 0.274. The maximum absolute atomic E-state index is 12.9. The van der Waals surface area contributed by atoms with Gasteiger partial charge in [-0.1, -0.05) is 50.8 Å². The average Bonchev–Trinajstić information content (AvgIpc) is 3.53. The lowest BCUT2D eigenvalue weighted by Crippen LogP contribution is -2.45. The molecule has 196 valence electrons. The van der Waals surface area contributed by atoms with Crippen LogP contribution in [0.3, 0.4) is 0 Å². The van der Waals surface area contributed by atoms with Gasteiger partial charge in [-0.15, -0.1) is 11.8 Å². The van der Waals surface area contributed by atoms with Gasteiger partial charge >= 0.3 is 0 Å². The van der Waals surface area contributed by atoms with Gasteiger partial charge in [0.05, 0.1) is 28.8 Å². The van der Waals surface area contributed by atoms with E-state index in [0.717, 1.165) is 45.9 Å². The van der Waals surface area contributed by atoms with Gasteiger partial charge in [-0.2, -0.15) is 0 Å². The van der Waals surface area contributed by atoms with Crippen molar-refractivity contribution in [3.05, 3.63) is 66.5 Å². The summed E-state index contributed by atoms with van der Waals surface area (Å²) in [4.78, 5) is 35.2. The molecule has 8 nitrogen and oxygen atoms in total. The third kappa shape index (κ3) is 7.69. The van der Waals surface area contributed by atoms with Gasteiger partial charge < -0.3 is 20.0 Å². The van der Waals surface area contributed by atoms with Gasteiger partial charge in [0.25, 0.3) is 0 Å². The summed E-state index contributed by atoms with van der Waals surface area (Å²) in [6.45, 7) is 11.2. The molecule has 0 spiro atoms. The monoisotopic (exact) mass is 539 g/mol. The lowest BCUT2D eigenvalue weighted by atomic mass is 9.94. The highest BCUT2D eigenvalue weighted by atomic mass is 32.2. The number of piperidine rings is 1. The first kappa shape index (κ1) is 26.9. The average molecular weight is 540 g/mol. The summed E-state index contributed by atoms with van der Waals surface area (Å²) in [6, 6.07) is 7.50. The Kier molecular flexibility index (Phi) is 8.71. The normalized spacial score (nSPS) is 15.9. The number of carbonyl (C=O) groups excluding carboxylic acids is 2. The van der Waals surface area contributed by atoms with E-state index in [0.29, 0.717) is 24.4 Å². The number of amides is 2. The maximum Gasteiger partial charge on any atom is 0.247 e. The van der Waals surface area contributed by atoms with Crippen molar-refractivity contribution in [1.29, 1.82) is 0 Å². The van der Waals surface area contributed by atoms with Gasteiger partial charge in [-0.05, 0) is 36.6 Å². The van der Waals surface area contributed by atoms with E-state index in [1.807, 2.05) is 29.4 Å². The van der Waals surface area contributed by atoms with E-state index in [2.05, 4.69) is 48.0 Å². The van der Waals surface area contributed by atoms with Crippen LogP contribution in [0.25, 0.3) is 0 Å². The number of thiazole rings is 1. The Morgan fingerprint density at radius 2 is 2.03 bits per heavy atom. The summed E-state index contributed by atoms with van der Waals surface area (Å²) >= 11 is 3.27. The van der Waals surface area contributed by atoms with Crippen molar-refractivity contribution in [2.45, 2.75) is 61.5 Å². The number of hydrogen-bond acceptors (Lipinski definition) is 8. The molecule has 4 rings (SSSR count). The molecule has 3 aromatic rings. The Balaban J connectivity index is 1.25. The highest BCUT2D eigenvalue weighted by Crippen LogP contribution is 2.32. The zero-order chi connectivity index (χ0) is 26.4. The van der Waals surface area contributed by atoms with Crippen LogP contribution in [0.4, 0.5) is 10.8 Å². The van der Waals surface area contributed by atoms with E-state index in [9.17, 15) is 9.59 Å². The van der Waals surface area contributed by atoms with Crippen molar-refractivity contribution < 1.29 is 14.0 Å². The summed E-state index contributed by atoms with van der Waals surface area (Å²) < 4.78 is 6.97. The molecule has 2 aromatic heterocycles. The molecule has 1 aliphatic rings. The number of hydrogen-bond donors (Lipinski definition) is 2. The molecular weight excluding hydrogens is 506 g/mol. The molecule has 10 heteroatoms. The van der Waals surface area contributed by atoms with E-state index in [-0.39, 0.29) is 23.3 Å². The zero-order valence-electron chi connectivity index (χ0n) is 21.5. The van der Waals surface area contributed by atoms with Crippen LogP contribution in [-0.2, 0) is 27.2 Å². The van der Waals surface area contributed by atoms with Crippen molar-refractivity contribution in [3.8, 4) is 0 Å². The Morgan fingerprint density at radius 3 is 2.73 bits per heavy atom. The Morgan fingerprint density at radius 1 is 1.24 bits per heavy atom. The second-order valence-electron chi connectivity index (χ2n) is 10.0. The lowest BCUT2D eigenvalue weighted by Gasteiger charge is -2.33. The van der Waals surface area contributed by atoms with Gasteiger partial charge in [0.15, 0.2) is 5.13 Å². The molecule has 0 bridgehead atoms. The number of benzene rings is 1. The van der Waals surface area contributed by atoms with Crippen LogP contribution < -0.4 is 10.6 Å². The third-order valence-electron chi connectivity index (χ3n) is 5.98.